The molecule has 4 rings (SSSR count). The van der Waals surface area contributed by atoms with Gasteiger partial charge in [-0.15, -0.1) is 0 Å². The number of carbonyl (C=O) groups is 2. The van der Waals surface area contributed by atoms with E-state index < -0.39 is 57.6 Å². The van der Waals surface area contributed by atoms with E-state index in [4.69, 9.17) is 13.7 Å². The van der Waals surface area contributed by atoms with Gasteiger partial charge in [0, 0.05) is 16.7 Å². The van der Waals surface area contributed by atoms with Crippen LogP contribution in [-0.4, -0.2) is 50.0 Å². The Labute approximate surface area is 188 Å². The predicted octanol–water partition coefficient (Wildman–Crippen LogP) is 0.270. The maximum Gasteiger partial charge on any atom is 0.339 e. The van der Waals surface area contributed by atoms with Gasteiger partial charge in [-0.05, 0) is 79.9 Å². The Bertz CT molecular complexity index is 932. The van der Waals surface area contributed by atoms with Crippen LogP contribution in [0.15, 0.2) is 12.1 Å². The summed E-state index contributed by atoms with van der Waals surface area (Å²) in [5.41, 5.74) is 0.312. The molecule has 6 atom stereocenters. The molecule has 3 saturated heterocycles. The molecule has 3 heterocycles. The monoisotopic (exact) mass is 717 g/mol. The van der Waals surface area contributed by atoms with Crippen molar-refractivity contribution in [1.82, 2.24) is 0 Å². The molecule has 12 heteroatoms. The van der Waals surface area contributed by atoms with E-state index in [0.29, 0.717) is 9.13 Å². The van der Waals surface area contributed by atoms with E-state index in [1.54, 1.807) is 6.07 Å². The minimum Gasteiger partial charge on any atom is -0.550 e. The number of esters is 1. The molecule has 3 fully saturated rings. The zero-order valence-corrected chi connectivity index (χ0v) is 19.7. The summed E-state index contributed by atoms with van der Waals surface area (Å²) in [7, 11) is -4.12. The van der Waals surface area contributed by atoms with Gasteiger partial charge < -0.3 is 19.4 Å². The molecule has 0 N–H and O–H groups in total. The van der Waals surface area contributed by atoms with Gasteiger partial charge in [0.05, 0.1) is 11.5 Å². The molecule has 0 aliphatic carbocycles. The molecule has 0 aromatic heterocycles. The topological polar surface area (TPSA) is 119 Å². The van der Waals surface area contributed by atoms with E-state index in [9.17, 15) is 23.1 Å². The first kappa shape index (κ1) is 19.5. The number of halogens is 3. The van der Waals surface area contributed by atoms with E-state index in [1.807, 2.05) is 28.7 Å². The zero-order chi connectivity index (χ0) is 19.0. The summed E-state index contributed by atoms with van der Waals surface area (Å²) in [4.78, 5) is 24.1. The predicted molar refractivity (Wildman–Crippen MR) is 109 cm³/mol. The minimum atomic E-state index is -4.12. The molecule has 0 saturated carbocycles. The molecule has 6 unspecified atom stereocenters. The van der Waals surface area contributed by atoms with Crippen LogP contribution in [0, 0.1) is 16.6 Å². The first-order valence-electron chi connectivity index (χ1n) is 7.26. The van der Waals surface area contributed by atoms with Crippen molar-refractivity contribution in [3.8, 4) is 0 Å². The lowest BCUT2D eigenvalue weighted by molar-refractivity contribution is -0.313. The quantitative estimate of drug-likeness (QED) is 0.190. The summed E-state index contributed by atoms with van der Waals surface area (Å²) in [5, 5.41) is 10.1. The summed E-state index contributed by atoms with van der Waals surface area (Å²) >= 11 is 6.18. The number of hydrogen-bond acceptors (Lipinski definition) is 8. The number of fused-ring (bicyclic) bond motifs is 1. The lowest BCUT2D eigenvalue weighted by atomic mass is 9.85. The van der Waals surface area contributed by atoms with Crippen LogP contribution in [0.5, 0.6) is 0 Å². The molecule has 3 aliphatic rings. The molecule has 8 nitrogen and oxygen atoms in total. The Morgan fingerprint density at radius 1 is 1.12 bits per heavy atom. The molecule has 0 amide bonds. The number of carboxylic acids is 1. The van der Waals surface area contributed by atoms with E-state index in [-0.39, 0.29) is 0 Å². The lowest BCUT2D eigenvalue weighted by Gasteiger charge is -2.28. The van der Waals surface area contributed by atoms with E-state index >= 15 is 0 Å². The molecule has 1 aromatic carbocycles. The largest absolute Gasteiger partial charge is 0.550 e. The van der Waals surface area contributed by atoms with Crippen molar-refractivity contribution >= 4 is 89.8 Å². The summed E-state index contributed by atoms with van der Waals surface area (Å²) in [6.07, 6.45) is -4.24. The maximum atomic E-state index is 12.7. The maximum absolute atomic E-state index is 12.7. The van der Waals surface area contributed by atoms with Gasteiger partial charge in [0.25, 0.3) is 10.1 Å². The number of carbonyl (C=O) groups excluding carboxylic acids is 2. The summed E-state index contributed by atoms with van der Waals surface area (Å²) in [5.74, 6) is -3.68. The molecule has 2 bridgehead atoms. The minimum absolute atomic E-state index is 0.312. The SMILES string of the molecule is O=C(OC1C2OS(=O)(=O)C3C2OC1C3C(=O)[O-])c1cc(I)cc(I)c1I. The van der Waals surface area contributed by atoms with Crippen molar-refractivity contribution < 1.29 is 36.8 Å². The molecule has 26 heavy (non-hydrogen) atoms. The third-order valence-electron chi connectivity index (χ3n) is 4.62. The van der Waals surface area contributed by atoms with Crippen LogP contribution in [0.3, 0.4) is 0 Å². The van der Waals surface area contributed by atoms with Crippen molar-refractivity contribution in [3.05, 3.63) is 28.4 Å². The van der Waals surface area contributed by atoms with Gasteiger partial charge in [-0.1, -0.05) is 0 Å². The third-order valence-corrected chi connectivity index (χ3v) is 10.0. The smallest absolute Gasteiger partial charge is 0.339 e. The zero-order valence-electron chi connectivity index (χ0n) is 12.4. The Morgan fingerprint density at radius 2 is 1.81 bits per heavy atom. The van der Waals surface area contributed by atoms with Crippen molar-refractivity contribution in [2.75, 3.05) is 0 Å². The first-order chi connectivity index (χ1) is 12.1. The van der Waals surface area contributed by atoms with Crippen molar-refractivity contribution in [3.63, 3.8) is 0 Å². The Kier molecular flexibility index (Phi) is 4.98. The van der Waals surface area contributed by atoms with Crippen molar-refractivity contribution in [1.29, 1.82) is 0 Å². The highest BCUT2D eigenvalue weighted by Gasteiger charge is 2.72. The fourth-order valence-electron chi connectivity index (χ4n) is 3.62. The van der Waals surface area contributed by atoms with Crippen LogP contribution in [0.25, 0.3) is 0 Å². The average Bonchev–Trinajstić information content (AvgIpc) is 3.13. The summed E-state index contributed by atoms with van der Waals surface area (Å²) in [6.45, 7) is 0. The van der Waals surface area contributed by atoms with Gasteiger partial charge in [-0.2, -0.15) is 8.42 Å². The van der Waals surface area contributed by atoms with Gasteiger partial charge in [0.15, 0.2) is 6.10 Å². The molecule has 140 valence electrons. The number of rotatable bonds is 3. The Morgan fingerprint density at radius 3 is 2.46 bits per heavy atom. The fourth-order valence-corrected chi connectivity index (χ4v) is 7.83. The van der Waals surface area contributed by atoms with Crippen LogP contribution in [0.2, 0.25) is 0 Å². The molecule has 0 spiro atoms. The normalized spacial score (nSPS) is 36.3. The number of carboxylic acid groups (broad SMARTS) is 1. The molecule has 3 aliphatic heterocycles. The second kappa shape index (κ2) is 6.64. The van der Waals surface area contributed by atoms with E-state index in [0.717, 1.165) is 7.14 Å². The Hall–Kier alpha value is 0.220. The highest BCUT2D eigenvalue weighted by Crippen LogP contribution is 2.51. The number of aliphatic carboxylic acids is 1. The third kappa shape index (κ3) is 2.89. The lowest BCUT2D eigenvalue weighted by Crippen LogP contribution is -2.53. The molecular formula is C14H8I3O8S-. The first-order valence-corrected chi connectivity index (χ1v) is 12.0. The van der Waals surface area contributed by atoms with Crippen LogP contribution in [0.4, 0.5) is 0 Å². The summed E-state index contributed by atoms with van der Waals surface area (Å²) < 4.78 is 42.5. The van der Waals surface area contributed by atoms with E-state index in [2.05, 4.69) is 45.2 Å². The van der Waals surface area contributed by atoms with Crippen molar-refractivity contribution in [2.24, 2.45) is 5.92 Å². The van der Waals surface area contributed by atoms with Gasteiger partial charge in [-0.25, -0.2) is 4.79 Å². The highest BCUT2D eigenvalue weighted by atomic mass is 127. The Balaban J connectivity index is 1.66. The van der Waals surface area contributed by atoms with E-state index in [1.165, 1.54) is 0 Å². The standard InChI is InChI=1S/C14H9I3O8S/c15-3-1-4(7(17)5(16)2-3)14(20)24-9-8-6(13(18)19)12-11(23-8)10(9)25-26(12,21)22/h1-2,6,8-12H,(H,18,19)/p-1. The summed E-state index contributed by atoms with van der Waals surface area (Å²) in [6, 6.07) is 3.54. The fraction of sp³-hybridized carbons (Fsp3) is 0.429. The number of hydrogen-bond donors (Lipinski definition) is 0. The van der Waals surface area contributed by atoms with Crippen LogP contribution >= 0.6 is 67.8 Å². The van der Waals surface area contributed by atoms with Crippen LogP contribution < -0.4 is 5.11 Å². The number of benzene rings is 1. The van der Waals surface area contributed by atoms with Gasteiger partial charge in [0.2, 0.25) is 0 Å². The average molecular weight is 717 g/mol. The second-order valence-electron chi connectivity index (χ2n) is 6.05. The van der Waals surface area contributed by atoms with Gasteiger partial charge in [-0.3, -0.25) is 4.18 Å². The van der Waals surface area contributed by atoms with Gasteiger partial charge in [0.1, 0.15) is 23.6 Å². The van der Waals surface area contributed by atoms with Crippen LogP contribution in [0.1, 0.15) is 10.4 Å². The molecule has 0 radical (unpaired) electrons. The molecular weight excluding hydrogens is 709 g/mol. The van der Waals surface area contributed by atoms with Gasteiger partial charge >= 0.3 is 5.97 Å². The molecule has 1 aromatic rings. The highest BCUT2D eigenvalue weighted by molar-refractivity contribution is 14.1. The second-order valence-corrected chi connectivity index (χ2v) is 11.3. The van der Waals surface area contributed by atoms with Crippen LogP contribution in [-0.2, 0) is 28.6 Å². The number of ether oxygens (including phenoxy) is 2. The van der Waals surface area contributed by atoms with Crippen molar-refractivity contribution in [2.45, 2.75) is 29.7 Å².